The Hall–Kier alpha value is -5.35. The Kier molecular flexibility index (Phi) is 10.4. The molecule has 0 saturated carbocycles. The predicted octanol–water partition coefficient (Wildman–Crippen LogP) is 4.09. The van der Waals surface area contributed by atoms with E-state index in [9.17, 15) is 19.5 Å². The summed E-state index contributed by atoms with van der Waals surface area (Å²) >= 11 is 0. The van der Waals surface area contributed by atoms with Gasteiger partial charge < -0.3 is 25.5 Å². The molecule has 1 heterocycles. The molecule has 12 nitrogen and oxygen atoms in total. The molecule has 0 spiro atoms. The lowest BCUT2D eigenvalue weighted by Crippen LogP contribution is -2.53. The number of fused-ring (bicyclic) bond motifs is 1. The van der Waals surface area contributed by atoms with Crippen LogP contribution < -0.4 is 10.6 Å². The third-order valence-electron chi connectivity index (χ3n) is 5.71. The second-order valence-corrected chi connectivity index (χ2v) is 8.37. The number of rotatable bonds is 10. The van der Waals surface area contributed by atoms with Crippen LogP contribution in [-0.2, 0) is 33.8 Å². The number of amides is 2. The van der Waals surface area contributed by atoms with Gasteiger partial charge in [0.25, 0.3) is 0 Å². The van der Waals surface area contributed by atoms with Crippen molar-refractivity contribution in [3.8, 4) is 0 Å². The highest BCUT2D eigenvalue weighted by atomic mass is 16.5. The summed E-state index contributed by atoms with van der Waals surface area (Å²) in [5.74, 6) is -1.84. The third kappa shape index (κ3) is 8.62. The van der Waals surface area contributed by atoms with Gasteiger partial charge in [0.2, 0.25) is 5.91 Å². The molecule has 2 atom stereocenters. The second kappa shape index (κ2) is 14.4. The normalized spacial score (nSPS) is 11.7. The molecule has 39 heavy (non-hydrogen) atoms. The lowest BCUT2D eigenvalue weighted by Gasteiger charge is -2.22. The van der Waals surface area contributed by atoms with Crippen molar-refractivity contribution in [1.29, 1.82) is 5.53 Å². The maximum absolute atomic E-state index is 13.3. The zero-order chi connectivity index (χ0) is 28.0. The van der Waals surface area contributed by atoms with Crippen LogP contribution in [0.2, 0.25) is 0 Å². The zero-order valence-electron chi connectivity index (χ0n) is 20.8. The topological polar surface area (TPSA) is 194 Å². The molecule has 3 aromatic carbocycles. The van der Waals surface area contributed by atoms with Gasteiger partial charge >= 0.3 is 12.1 Å². The fourth-order valence-electron chi connectivity index (χ4n) is 3.89. The lowest BCUT2D eigenvalue weighted by atomic mass is 9.98. The molecule has 0 aliphatic rings. The highest BCUT2D eigenvalue weighted by molar-refractivity contribution is 5.91. The summed E-state index contributed by atoms with van der Waals surface area (Å²) in [5.41, 5.74) is 14.4. The van der Waals surface area contributed by atoms with E-state index in [2.05, 4.69) is 20.6 Å². The Balaban J connectivity index is 0.00000134. The van der Waals surface area contributed by atoms with Crippen molar-refractivity contribution in [3.05, 3.63) is 113 Å². The number of alkyl carbamates (subject to hydrolysis) is 1. The number of aliphatic carboxylic acids is 1. The van der Waals surface area contributed by atoms with E-state index in [4.69, 9.17) is 15.8 Å². The van der Waals surface area contributed by atoms with E-state index in [1.807, 2.05) is 72.8 Å². The summed E-state index contributed by atoms with van der Waals surface area (Å²) in [6.07, 6.45) is 2.35. The van der Waals surface area contributed by atoms with Crippen LogP contribution in [-0.4, -0.2) is 45.1 Å². The van der Waals surface area contributed by atoms with E-state index < -0.39 is 30.1 Å². The summed E-state index contributed by atoms with van der Waals surface area (Å²) in [6, 6.07) is 20.3. The number of carbonyl (C=O) groups is 3. The van der Waals surface area contributed by atoms with Crippen LogP contribution in [0.4, 0.5) is 4.79 Å². The Morgan fingerprint density at radius 3 is 2.36 bits per heavy atom. The summed E-state index contributed by atoms with van der Waals surface area (Å²) in [7, 11) is 0. The van der Waals surface area contributed by atoms with Crippen molar-refractivity contribution >= 4 is 28.7 Å². The molecule has 0 saturated heterocycles. The smallest absolute Gasteiger partial charge is 0.408 e. The SMILES string of the molecule is O=C(N[C@@H](Cc1cccc2ccccc12)C(=O)N[C@@H](Cc1c[nH]cn1)C(=O)O)OCc1ccccc1.[N-]=[N+]=N. The third-order valence-corrected chi connectivity index (χ3v) is 5.71. The lowest BCUT2D eigenvalue weighted by molar-refractivity contribution is -0.142. The van der Waals surface area contributed by atoms with Crippen molar-refractivity contribution in [2.75, 3.05) is 0 Å². The van der Waals surface area contributed by atoms with Crippen LogP contribution in [0.15, 0.2) is 85.3 Å². The number of imidazole rings is 1. The maximum atomic E-state index is 13.3. The van der Waals surface area contributed by atoms with E-state index in [0.29, 0.717) is 5.69 Å². The summed E-state index contributed by atoms with van der Waals surface area (Å²) in [6.45, 7) is 0.0339. The Morgan fingerprint density at radius 1 is 0.974 bits per heavy atom. The molecule has 12 heteroatoms. The summed E-state index contributed by atoms with van der Waals surface area (Å²) in [4.78, 5) is 46.3. The minimum atomic E-state index is -1.22. The number of hydrogen-bond acceptors (Lipinski definition) is 6. The number of carbonyl (C=O) groups excluding carboxylic acids is 2. The number of H-pyrrole nitrogens is 1. The predicted molar refractivity (Wildman–Crippen MR) is 142 cm³/mol. The molecule has 0 aliphatic carbocycles. The molecule has 4 rings (SSSR count). The van der Waals surface area contributed by atoms with Gasteiger partial charge in [-0.15, -0.1) is 5.53 Å². The van der Waals surface area contributed by atoms with Gasteiger partial charge in [0.1, 0.15) is 18.7 Å². The van der Waals surface area contributed by atoms with Crippen molar-refractivity contribution in [2.45, 2.75) is 31.5 Å². The average molecular weight is 530 g/mol. The van der Waals surface area contributed by atoms with Crippen LogP contribution in [0.3, 0.4) is 0 Å². The first-order valence-electron chi connectivity index (χ1n) is 11.9. The molecule has 200 valence electrons. The van der Waals surface area contributed by atoms with Crippen LogP contribution in [0.1, 0.15) is 16.8 Å². The number of nitrogens with one attached hydrogen (secondary N) is 4. The Labute approximate surface area is 223 Å². The summed E-state index contributed by atoms with van der Waals surface area (Å²) in [5, 5.41) is 16.7. The van der Waals surface area contributed by atoms with E-state index in [0.717, 1.165) is 21.9 Å². The molecule has 0 bridgehead atoms. The molecule has 0 aliphatic heterocycles. The molecule has 0 fully saturated rings. The first-order chi connectivity index (χ1) is 18.9. The molecular weight excluding hydrogens is 502 g/mol. The second-order valence-electron chi connectivity index (χ2n) is 8.37. The zero-order valence-corrected chi connectivity index (χ0v) is 20.8. The van der Waals surface area contributed by atoms with E-state index in [1.165, 1.54) is 6.33 Å². The molecule has 1 aromatic heterocycles. The minimum absolute atomic E-state index is 0.00991. The van der Waals surface area contributed by atoms with Crippen molar-refractivity contribution in [1.82, 2.24) is 20.6 Å². The fraction of sp³-hybridized carbons (Fsp3) is 0.185. The van der Waals surface area contributed by atoms with Gasteiger partial charge in [-0.3, -0.25) is 4.79 Å². The van der Waals surface area contributed by atoms with Crippen LogP contribution in [0.25, 0.3) is 21.2 Å². The van der Waals surface area contributed by atoms with Gasteiger partial charge in [0.05, 0.1) is 12.0 Å². The molecular formula is C27H27N7O5. The molecule has 5 N–H and O–H groups in total. The van der Waals surface area contributed by atoms with E-state index in [1.54, 1.807) is 11.1 Å². The number of carboxylic acids is 1. The van der Waals surface area contributed by atoms with Crippen LogP contribution in [0.5, 0.6) is 0 Å². The molecule has 2 amide bonds. The van der Waals surface area contributed by atoms with Gasteiger partial charge in [-0.1, -0.05) is 72.8 Å². The van der Waals surface area contributed by atoms with Gasteiger partial charge in [0.15, 0.2) is 0 Å². The van der Waals surface area contributed by atoms with E-state index in [-0.39, 0.29) is 19.4 Å². The van der Waals surface area contributed by atoms with Gasteiger partial charge in [-0.25, -0.2) is 14.6 Å². The van der Waals surface area contributed by atoms with Gasteiger partial charge in [-0.2, -0.15) is 0 Å². The number of hydrogen-bond donors (Lipinski definition) is 5. The maximum Gasteiger partial charge on any atom is 0.408 e. The summed E-state index contributed by atoms with van der Waals surface area (Å²) < 4.78 is 5.31. The number of aromatic nitrogens is 2. The Bertz CT molecular complexity index is 1420. The highest BCUT2D eigenvalue weighted by Gasteiger charge is 2.28. The largest absolute Gasteiger partial charge is 0.480 e. The van der Waals surface area contributed by atoms with Crippen molar-refractivity contribution in [2.24, 2.45) is 0 Å². The van der Waals surface area contributed by atoms with E-state index >= 15 is 0 Å². The number of nitrogens with zero attached hydrogens (tertiary/aromatic N) is 3. The average Bonchev–Trinajstić information content (AvgIpc) is 3.45. The first-order valence-corrected chi connectivity index (χ1v) is 11.9. The van der Waals surface area contributed by atoms with Crippen LogP contribution >= 0.6 is 0 Å². The van der Waals surface area contributed by atoms with Crippen LogP contribution in [0, 0.1) is 5.53 Å². The number of aromatic amines is 1. The molecule has 0 radical (unpaired) electrons. The minimum Gasteiger partial charge on any atom is -0.480 e. The fourth-order valence-corrected chi connectivity index (χ4v) is 3.89. The van der Waals surface area contributed by atoms with Crippen molar-refractivity contribution < 1.29 is 24.2 Å². The Morgan fingerprint density at radius 2 is 1.67 bits per heavy atom. The van der Waals surface area contributed by atoms with Crippen molar-refractivity contribution in [3.63, 3.8) is 0 Å². The number of ether oxygens (including phenoxy) is 1. The monoisotopic (exact) mass is 529 g/mol. The highest BCUT2D eigenvalue weighted by Crippen LogP contribution is 2.20. The first kappa shape index (κ1) is 28.2. The number of benzene rings is 3. The quantitative estimate of drug-likeness (QED) is 0.117. The standard InChI is InChI=1S/C27H26N4O5.HN3/c32-25(30-24(26(33)34)14-21-15-28-17-29-21)23(31-27(35)36-16-18-7-2-1-3-8-18)13-20-11-6-10-19-9-4-5-12-22(19)20;1-3-2/h1-12,15,17,23-24H,13-14,16H2,(H,28,29)(H,30,32)(H,31,35)(H,33,34);1H/t23-,24-;/m0./s1. The van der Waals surface area contributed by atoms with Gasteiger partial charge in [0, 0.05) is 19.0 Å². The van der Waals surface area contributed by atoms with Gasteiger partial charge in [-0.05, 0) is 32.3 Å². The molecule has 0 unspecified atom stereocenters. The number of carboxylic acid groups (broad SMARTS) is 1. The molecule has 4 aromatic rings.